The molecule has 1 N–H and O–H groups in total. The van der Waals surface area contributed by atoms with Crippen LogP contribution >= 0.6 is 0 Å². The number of hydrogen-bond acceptors (Lipinski definition) is 4. The quantitative estimate of drug-likeness (QED) is 0.862. The number of nitrogens with one attached hydrogen (secondary N) is 1. The lowest BCUT2D eigenvalue weighted by atomic mass is 10.2. The molecule has 0 saturated carbocycles. The van der Waals surface area contributed by atoms with Crippen molar-refractivity contribution in [3.63, 3.8) is 0 Å². The van der Waals surface area contributed by atoms with Crippen LogP contribution in [-0.2, 0) is 0 Å². The van der Waals surface area contributed by atoms with Crippen molar-refractivity contribution in [1.82, 2.24) is 15.2 Å². The van der Waals surface area contributed by atoms with Crippen LogP contribution in [0.2, 0.25) is 0 Å². The third kappa shape index (κ3) is 2.61. The summed E-state index contributed by atoms with van der Waals surface area (Å²) in [7, 11) is 1.82. The average Bonchev–Trinajstić information content (AvgIpc) is 2.92. The second-order valence-electron chi connectivity index (χ2n) is 4.35. The molecule has 5 nitrogen and oxygen atoms in total. The van der Waals surface area contributed by atoms with Gasteiger partial charge in [-0.05, 0) is 32.0 Å². The number of carbonyl (C=O) groups excluding carboxylic acids is 1. The van der Waals surface area contributed by atoms with Gasteiger partial charge in [0.1, 0.15) is 0 Å². The number of hydrogen-bond donors (Lipinski definition) is 1. The van der Waals surface area contributed by atoms with E-state index in [4.69, 9.17) is 4.74 Å². The Morgan fingerprint density at radius 3 is 3.17 bits per heavy atom. The molecule has 5 heteroatoms. The first-order valence-electron chi connectivity index (χ1n) is 6.29. The third-order valence-corrected chi connectivity index (χ3v) is 3.18. The van der Waals surface area contributed by atoms with Gasteiger partial charge < -0.3 is 15.0 Å². The van der Waals surface area contributed by atoms with Gasteiger partial charge in [-0.2, -0.15) is 0 Å². The Kier molecular flexibility index (Phi) is 4.15. The van der Waals surface area contributed by atoms with Gasteiger partial charge in [-0.25, -0.2) is 4.98 Å². The fraction of sp³-hybridized carbons (Fsp3) is 0.538. The molecular weight excluding hydrogens is 230 g/mol. The van der Waals surface area contributed by atoms with E-state index in [9.17, 15) is 4.79 Å². The number of rotatable bonds is 4. The summed E-state index contributed by atoms with van der Waals surface area (Å²) in [6.07, 6.45) is 2.61. The van der Waals surface area contributed by atoms with E-state index in [1.54, 1.807) is 23.2 Å². The zero-order chi connectivity index (χ0) is 13.0. The molecule has 1 aromatic heterocycles. The normalized spacial score (nSPS) is 18.7. The van der Waals surface area contributed by atoms with Crippen molar-refractivity contribution in [2.75, 3.05) is 26.7 Å². The molecule has 2 heterocycles. The van der Waals surface area contributed by atoms with Crippen molar-refractivity contribution in [2.24, 2.45) is 0 Å². The molecule has 1 amide bonds. The summed E-state index contributed by atoms with van der Waals surface area (Å²) in [5.74, 6) is 0.482. The molecule has 0 spiro atoms. The van der Waals surface area contributed by atoms with Crippen molar-refractivity contribution in [1.29, 1.82) is 0 Å². The maximum atomic E-state index is 12.4. The van der Waals surface area contributed by atoms with Crippen molar-refractivity contribution in [3.8, 4) is 5.75 Å². The van der Waals surface area contributed by atoms with Crippen LogP contribution in [0.5, 0.6) is 5.75 Å². The van der Waals surface area contributed by atoms with Crippen LogP contribution in [0.1, 0.15) is 23.8 Å². The third-order valence-electron chi connectivity index (χ3n) is 3.18. The second-order valence-corrected chi connectivity index (χ2v) is 4.35. The zero-order valence-electron chi connectivity index (χ0n) is 10.8. The smallest absolute Gasteiger partial charge is 0.276 e. The molecule has 1 aromatic rings. The number of aromatic nitrogens is 1. The van der Waals surface area contributed by atoms with Crippen LogP contribution in [-0.4, -0.2) is 48.6 Å². The standard InChI is InChI=1S/C13H19N3O2/c1-3-18-11-5-4-7-15-12(11)13(17)16(2)10-6-8-14-9-10/h4-5,7,10,14H,3,6,8-9H2,1-2H3/t10-/m0/s1. The largest absolute Gasteiger partial charge is 0.491 e. The van der Waals surface area contributed by atoms with Crippen molar-refractivity contribution in [3.05, 3.63) is 24.0 Å². The maximum absolute atomic E-state index is 12.4. The van der Waals surface area contributed by atoms with E-state index >= 15 is 0 Å². The average molecular weight is 249 g/mol. The lowest BCUT2D eigenvalue weighted by Crippen LogP contribution is -2.38. The highest BCUT2D eigenvalue weighted by molar-refractivity contribution is 5.95. The van der Waals surface area contributed by atoms with Crippen LogP contribution in [0.25, 0.3) is 0 Å². The number of carbonyl (C=O) groups is 1. The summed E-state index contributed by atoms with van der Waals surface area (Å²) >= 11 is 0. The molecule has 0 aromatic carbocycles. The van der Waals surface area contributed by atoms with Gasteiger partial charge in [-0.1, -0.05) is 0 Å². The highest BCUT2D eigenvalue weighted by Gasteiger charge is 2.26. The van der Waals surface area contributed by atoms with Crippen LogP contribution in [0.4, 0.5) is 0 Å². The number of pyridine rings is 1. The molecule has 18 heavy (non-hydrogen) atoms. The Morgan fingerprint density at radius 1 is 1.67 bits per heavy atom. The predicted octanol–water partition coefficient (Wildman–Crippen LogP) is 0.914. The first-order chi connectivity index (χ1) is 8.74. The molecule has 1 fully saturated rings. The maximum Gasteiger partial charge on any atom is 0.276 e. The molecule has 0 aliphatic carbocycles. The van der Waals surface area contributed by atoms with E-state index in [-0.39, 0.29) is 11.9 Å². The lowest BCUT2D eigenvalue weighted by Gasteiger charge is -2.24. The highest BCUT2D eigenvalue weighted by Crippen LogP contribution is 2.19. The number of amides is 1. The van der Waals surface area contributed by atoms with Crippen LogP contribution in [0.15, 0.2) is 18.3 Å². The van der Waals surface area contributed by atoms with Gasteiger partial charge in [0.25, 0.3) is 5.91 Å². The minimum Gasteiger partial charge on any atom is -0.491 e. The van der Waals surface area contributed by atoms with Crippen LogP contribution in [0.3, 0.4) is 0 Å². The van der Waals surface area contributed by atoms with Crippen LogP contribution < -0.4 is 10.1 Å². The van der Waals surface area contributed by atoms with Gasteiger partial charge in [-0.15, -0.1) is 0 Å². The van der Waals surface area contributed by atoms with E-state index in [1.807, 2.05) is 14.0 Å². The van der Waals surface area contributed by atoms with Crippen molar-refractivity contribution < 1.29 is 9.53 Å². The Labute approximate surface area is 107 Å². The predicted molar refractivity (Wildman–Crippen MR) is 68.8 cm³/mol. The van der Waals surface area contributed by atoms with Gasteiger partial charge >= 0.3 is 0 Å². The molecule has 0 unspecified atom stereocenters. The molecule has 2 rings (SSSR count). The number of ether oxygens (including phenoxy) is 1. The Hall–Kier alpha value is -1.62. The van der Waals surface area contributed by atoms with E-state index in [0.717, 1.165) is 19.5 Å². The van der Waals surface area contributed by atoms with Gasteiger partial charge in [0.2, 0.25) is 0 Å². The Balaban J connectivity index is 2.16. The summed E-state index contributed by atoms with van der Waals surface area (Å²) in [6.45, 7) is 4.23. The molecule has 98 valence electrons. The molecule has 0 radical (unpaired) electrons. The summed E-state index contributed by atoms with van der Waals surface area (Å²) in [5.41, 5.74) is 0.397. The minimum atomic E-state index is -0.0762. The molecule has 1 saturated heterocycles. The Bertz CT molecular complexity index is 416. The van der Waals surface area contributed by atoms with Crippen molar-refractivity contribution in [2.45, 2.75) is 19.4 Å². The topological polar surface area (TPSA) is 54.5 Å². The highest BCUT2D eigenvalue weighted by atomic mass is 16.5. The van der Waals surface area contributed by atoms with Gasteiger partial charge in [0, 0.05) is 25.8 Å². The monoisotopic (exact) mass is 249 g/mol. The fourth-order valence-corrected chi connectivity index (χ4v) is 2.13. The number of likely N-dealkylation sites (N-methyl/N-ethyl adjacent to an activating group) is 1. The van der Waals surface area contributed by atoms with E-state index in [1.165, 1.54) is 0 Å². The molecular formula is C13H19N3O2. The fourth-order valence-electron chi connectivity index (χ4n) is 2.13. The Morgan fingerprint density at radius 2 is 2.50 bits per heavy atom. The molecule has 1 aliphatic rings. The van der Waals surface area contributed by atoms with E-state index < -0.39 is 0 Å². The SMILES string of the molecule is CCOc1cccnc1C(=O)N(C)[C@H]1CCNC1. The molecule has 1 aliphatic heterocycles. The van der Waals surface area contributed by atoms with E-state index in [0.29, 0.717) is 18.1 Å². The lowest BCUT2D eigenvalue weighted by molar-refractivity contribution is 0.0733. The number of nitrogens with zero attached hydrogens (tertiary/aromatic N) is 2. The van der Waals surface area contributed by atoms with Crippen LogP contribution in [0, 0.1) is 0 Å². The van der Waals surface area contributed by atoms with Gasteiger partial charge in [-0.3, -0.25) is 4.79 Å². The van der Waals surface area contributed by atoms with Gasteiger partial charge in [0.15, 0.2) is 11.4 Å². The minimum absolute atomic E-state index is 0.0762. The molecule has 1 atom stereocenters. The second kappa shape index (κ2) is 5.82. The first kappa shape index (κ1) is 12.8. The summed E-state index contributed by atoms with van der Waals surface area (Å²) < 4.78 is 5.45. The first-order valence-corrected chi connectivity index (χ1v) is 6.29. The summed E-state index contributed by atoms with van der Waals surface area (Å²) in [6, 6.07) is 3.80. The molecule has 0 bridgehead atoms. The summed E-state index contributed by atoms with van der Waals surface area (Å²) in [5, 5.41) is 3.25. The van der Waals surface area contributed by atoms with E-state index in [2.05, 4.69) is 10.3 Å². The van der Waals surface area contributed by atoms with Crippen molar-refractivity contribution >= 4 is 5.91 Å². The van der Waals surface area contributed by atoms with Gasteiger partial charge in [0.05, 0.1) is 6.61 Å². The summed E-state index contributed by atoms with van der Waals surface area (Å²) in [4.78, 5) is 18.3. The zero-order valence-corrected chi connectivity index (χ0v) is 10.8.